The zero-order valence-electron chi connectivity index (χ0n) is 8.13. The zero-order valence-corrected chi connectivity index (χ0v) is 9.71. The average Bonchev–Trinajstić information content (AvgIpc) is 2.11. The first-order chi connectivity index (χ1) is 7.69. The van der Waals surface area contributed by atoms with Crippen LogP contribution in [-0.4, -0.2) is 36.1 Å². The lowest BCUT2D eigenvalue weighted by atomic mass is 10.3. The third-order valence-corrected chi connectivity index (χ3v) is 1.87. The lowest BCUT2D eigenvalue weighted by molar-refractivity contribution is -0.423. The summed E-state index contributed by atoms with van der Waals surface area (Å²) in [6, 6.07) is 0. The molecular formula is C6H3BrF8O3. The van der Waals surface area contributed by atoms with Gasteiger partial charge in [-0.25, -0.2) is 4.79 Å². The molecule has 0 aromatic carbocycles. The van der Waals surface area contributed by atoms with Gasteiger partial charge in [0.2, 0.25) is 0 Å². The second-order valence-corrected chi connectivity index (χ2v) is 3.70. The molecule has 0 saturated carbocycles. The van der Waals surface area contributed by atoms with Crippen LogP contribution in [0.5, 0.6) is 0 Å². The lowest BCUT2D eigenvalue weighted by Crippen LogP contribution is -2.57. The summed E-state index contributed by atoms with van der Waals surface area (Å²) in [6.45, 7) is 0. The number of ether oxygens (including phenoxy) is 2. The summed E-state index contributed by atoms with van der Waals surface area (Å²) in [4.78, 5) is 5.11. The molecule has 0 unspecified atom stereocenters. The molecule has 0 heterocycles. The van der Waals surface area contributed by atoms with E-state index >= 15 is 0 Å². The van der Waals surface area contributed by atoms with Crippen LogP contribution in [0, 0.1) is 0 Å². The van der Waals surface area contributed by atoms with Crippen molar-refractivity contribution in [1.29, 1.82) is 0 Å². The average molecular weight is 355 g/mol. The van der Waals surface area contributed by atoms with Crippen LogP contribution < -0.4 is 0 Å². The first-order valence-electron chi connectivity index (χ1n) is 3.68. The summed E-state index contributed by atoms with van der Waals surface area (Å²) in [6.07, 6.45) is -12.3. The van der Waals surface area contributed by atoms with E-state index in [0.29, 0.717) is 0 Å². The monoisotopic (exact) mass is 354 g/mol. The largest absolute Gasteiger partial charge is 0.465 e. The minimum Gasteiger partial charge on any atom is -0.465 e. The highest BCUT2D eigenvalue weighted by Gasteiger charge is 2.72. The normalized spacial score (nSPS) is 17.2. The van der Waals surface area contributed by atoms with Crippen molar-refractivity contribution in [3.63, 3.8) is 0 Å². The van der Waals surface area contributed by atoms with Gasteiger partial charge < -0.3 is 4.74 Å². The Kier molecular flexibility index (Phi) is 4.62. The van der Waals surface area contributed by atoms with Crippen LogP contribution in [0.3, 0.4) is 0 Å². The van der Waals surface area contributed by atoms with Gasteiger partial charge in [-0.3, -0.25) is 4.74 Å². The summed E-state index contributed by atoms with van der Waals surface area (Å²) in [5.41, 5.74) is 0. The molecule has 0 rings (SSSR count). The summed E-state index contributed by atoms with van der Waals surface area (Å²) in [5, 5.41) is 0. The fraction of sp³-hybridized carbons (Fsp3) is 0.833. The van der Waals surface area contributed by atoms with Gasteiger partial charge in [-0.2, -0.15) is 35.1 Å². The number of carbonyl (C=O) groups is 1. The van der Waals surface area contributed by atoms with E-state index in [1.165, 1.54) is 0 Å². The fourth-order valence-electron chi connectivity index (χ4n) is 0.581. The van der Waals surface area contributed by atoms with Crippen LogP contribution in [-0.2, 0) is 14.3 Å². The first kappa shape index (κ1) is 17.3. The number of carbonyl (C=O) groups excluding carboxylic acids is 1. The quantitative estimate of drug-likeness (QED) is 0.442. The van der Waals surface area contributed by atoms with Crippen LogP contribution >= 0.6 is 15.9 Å². The van der Waals surface area contributed by atoms with Gasteiger partial charge in [0.25, 0.3) is 0 Å². The van der Waals surface area contributed by atoms with E-state index in [0.717, 1.165) is 15.9 Å². The molecule has 0 fully saturated rings. The van der Waals surface area contributed by atoms with E-state index in [1.807, 2.05) is 0 Å². The van der Waals surface area contributed by atoms with E-state index in [-0.39, 0.29) is 7.11 Å². The SMILES string of the molecule is COC(=O)[C@](F)(OC(F)(F)C(F)(F)Br)C(F)(F)F. The van der Waals surface area contributed by atoms with Crippen molar-refractivity contribution < 1.29 is 49.4 Å². The van der Waals surface area contributed by atoms with E-state index in [9.17, 15) is 39.9 Å². The second kappa shape index (κ2) is 4.79. The smallest absolute Gasteiger partial charge is 0.460 e. The first-order valence-corrected chi connectivity index (χ1v) is 4.47. The molecule has 0 saturated heterocycles. The molecule has 0 aromatic rings. The van der Waals surface area contributed by atoms with E-state index in [4.69, 9.17) is 0 Å². The summed E-state index contributed by atoms with van der Waals surface area (Å²) < 4.78 is 104. The maximum absolute atomic E-state index is 13.1. The van der Waals surface area contributed by atoms with Crippen molar-refractivity contribution in [3.8, 4) is 0 Å². The number of hydrogen-bond acceptors (Lipinski definition) is 3. The van der Waals surface area contributed by atoms with E-state index < -0.39 is 28.9 Å². The Morgan fingerprint density at radius 1 is 1.00 bits per heavy atom. The number of rotatable bonds is 4. The number of esters is 1. The molecule has 0 N–H and O–H groups in total. The Bertz CT molecular complexity index is 324. The van der Waals surface area contributed by atoms with Gasteiger partial charge in [0.1, 0.15) is 0 Å². The molecule has 0 aromatic heterocycles. The zero-order chi connectivity index (χ0) is 15.0. The molecule has 0 spiro atoms. The van der Waals surface area contributed by atoms with Gasteiger partial charge in [-0.1, -0.05) is 0 Å². The van der Waals surface area contributed by atoms with Crippen LogP contribution in [0.2, 0.25) is 0 Å². The molecule has 0 amide bonds. The molecule has 12 heteroatoms. The summed E-state index contributed by atoms with van der Waals surface area (Å²) >= 11 is 0.996. The van der Waals surface area contributed by atoms with Crippen LogP contribution in [0.4, 0.5) is 35.1 Å². The van der Waals surface area contributed by atoms with Crippen molar-refractivity contribution in [2.45, 2.75) is 23.0 Å². The molecule has 0 bridgehead atoms. The predicted octanol–water partition coefficient (Wildman–Crippen LogP) is 2.98. The van der Waals surface area contributed by atoms with Crippen molar-refractivity contribution in [1.82, 2.24) is 0 Å². The second-order valence-electron chi connectivity index (χ2n) is 2.70. The topological polar surface area (TPSA) is 35.5 Å². The van der Waals surface area contributed by atoms with Crippen molar-refractivity contribution in [2.75, 3.05) is 7.11 Å². The van der Waals surface area contributed by atoms with E-state index in [2.05, 4.69) is 9.47 Å². The predicted molar refractivity (Wildman–Crippen MR) is 41.8 cm³/mol. The van der Waals surface area contributed by atoms with Gasteiger partial charge in [0.15, 0.2) is 0 Å². The maximum Gasteiger partial charge on any atom is 0.460 e. The molecule has 1 atom stereocenters. The Morgan fingerprint density at radius 3 is 1.61 bits per heavy atom. The number of halogens is 9. The number of methoxy groups -OCH3 is 1. The molecule has 0 aliphatic rings. The minimum absolute atomic E-state index is 0.218. The Balaban J connectivity index is 5.49. The van der Waals surface area contributed by atoms with Crippen LogP contribution in [0.15, 0.2) is 0 Å². The van der Waals surface area contributed by atoms with Crippen LogP contribution in [0.1, 0.15) is 0 Å². The molecular weight excluding hydrogens is 352 g/mol. The van der Waals surface area contributed by atoms with Gasteiger partial charge >= 0.3 is 28.9 Å². The Morgan fingerprint density at radius 2 is 1.39 bits per heavy atom. The van der Waals surface area contributed by atoms with Gasteiger partial charge in [0, 0.05) is 15.9 Å². The van der Waals surface area contributed by atoms with Crippen molar-refractivity contribution >= 4 is 21.9 Å². The highest BCUT2D eigenvalue weighted by molar-refractivity contribution is 9.10. The Labute approximate surface area is 102 Å². The molecule has 108 valence electrons. The van der Waals surface area contributed by atoms with Gasteiger partial charge in [-0.15, -0.1) is 0 Å². The van der Waals surface area contributed by atoms with Gasteiger partial charge in [-0.05, 0) is 0 Å². The van der Waals surface area contributed by atoms with Crippen LogP contribution in [0.25, 0.3) is 0 Å². The number of hydrogen-bond donors (Lipinski definition) is 0. The van der Waals surface area contributed by atoms with Gasteiger partial charge in [0.05, 0.1) is 7.11 Å². The van der Waals surface area contributed by atoms with Crippen molar-refractivity contribution in [2.24, 2.45) is 0 Å². The van der Waals surface area contributed by atoms with Crippen molar-refractivity contribution in [3.05, 3.63) is 0 Å². The third-order valence-electron chi connectivity index (χ3n) is 1.41. The summed E-state index contributed by atoms with van der Waals surface area (Å²) in [7, 11) is 0.218. The molecule has 3 nitrogen and oxygen atoms in total. The molecule has 0 aliphatic heterocycles. The fourth-order valence-corrected chi connectivity index (χ4v) is 0.662. The summed E-state index contributed by atoms with van der Waals surface area (Å²) in [5.74, 6) is -8.69. The molecule has 0 aliphatic carbocycles. The highest BCUT2D eigenvalue weighted by atomic mass is 79.9. The molecule has 18 heavy (non-hydrogen) atoms. The third kappa shape index (κ3) is 3.22. The molecule has 0 radical (unpaired) electrons. The number of alkyl halides is 9. The Hall–Kier alpha value is -0.650. The lowest BCUT2D eigenvalue weighted by Gasteiger charge is -2.30. The maximum atomic E-state index is 13.1. The standard InChI is InChI=1S/C6H3BrF8O3/c1-17-2(16)3(8,5(11,12)13)18-6(14,15)4(7,9)10/h1H3/t3-/m0/s1. The highest BCUT2D eigenvalue weighted by Crippen LogP contribution is 2.47. The minimum atomic E-state index is -6.35. The van der Waals surface area contributed by atoms with E-state index in [1.54, 1.807) is 0 Å².